The summed E-state index contributed by atoms with van der Waals surface area (Å²) in [6.07, 6.45) is 1.45. The maximum absolute atomic E-state index is 12.8. The van der Waals surface area contributed by atoms with Crippen LogP contribution in [-0.2, 0) is 4.79 Å². The topological polar surface area (TPSA) is 67.9 Å². The van der Waals surface area contributed by atoms with Crippen molar-refractivity contribution in [1.29, 1.82) is 0 Å². The van der Waals surface area contributed by atoms with E-state index in [0.717, 1.165) is 29.4 Å². The third kappa shape index (κ3) is 5.19. The van der Waals surface area contributed by atoms with Gasteiger partial charge in [-0.15, -0.1) is 0 Å². The standard InChI is InChI=1S/C26H28N2O4/c1-2-31-21-10-12-22(13-11-21)32-18-25(29)28-16-14-20(15-17-28)27-26(30)24-9-5-7-19-6-3-4-8-23(19)24/h3-13,20H,2,14-18H2,1H3,(H,27,30). The highest BCUT2D eigenvalue weighted by atomic mass is 16.5. The monoisotopic (exact) mass is 432 g/mol. The average molecular weight is 433 g/mol. The van der Waals surface area contributed by atoms with E-state index < -0.39 is 0 Å². The molecule has 1 aliphatic heterocycles. The highest BCUT2D eigenvalue weighted by Gasteiger charge is 2.24. The number of piperidine rings is 1. The molecule has 4 rings (SSSR count). The van der Waals surface area contributed by atoms with Gasteiger partial charge < -0.3 is 19.7 Å². The van der Waals surface area contributed by atoms with Gasteiger partial charge in [0.2, 0.25) is 0 Å². The van der Waals surface area contributed by atoms with Gasteiger partial charge in [-0.25, -0.2) is 0 Å². The smallest absolute Gasteiger partial charge is 0.260 e. The van der Waals surface area contributed by atoms with Crippen molar-refractivity contribution in [1.82, 2.24) is 10.2 Å². The number of hydrogen-bond donors (Lipinski definition) is 1. The van der Waals surface area contributed by atoms with E-state index in [1.165, 1.54) is 0 Å². The largest absolute Gasteiger partial charge is 0.494 e. The van der Waals surface area contributed by atoms with Gasteiger partial charge in [0.1, 0.15) is 11.5 Å². The Morgan fingerprint density at radius 3 is 2.28 bits per heavy atom. The van der Waals surface area contributed by atoms with Crippen molar-refractivity contribution in [2.75, 3.05) is 26.3 Å². The van der Waals surface area contributed by atoms with E-state index >= 15 is 0 Å². The van der Waals surface area contributed by atoms with Gasteiger partial charge in [0.05, 0.1) is 6.61 Å². The summed E-state index contributed by atoms with van der Waals surface area (Å²) in [7, 11) is 0. The molecule has 1 N–H and O–H groups in total. The molecule has 2 amide bonds. The quantitative estimate of drug-likeness (QED) is 0.612. The average Bonchev–Trinajstić information content (AvgIpc) is 2.83. The summed E-state index contributed by atoms with van der Waals surface area (Å²) in [5.41, 5.74) is 0.686. The number of likely N-dealkylation sites (tertiary alicyclic amines) is 1. The molecule has 1 aliphatic rings. The van der Waals surface area contributed by atoms with E-state index in [2.05, 4.69) is 5.32 Å². The molecule has 32 heavy (non-hydrogen) atoms. The van der Waals surface area contributed by atoms with Gasteiger partial charge in [-0.05, 0) is 60.9 Å². The van der Waals surface area contributed by atoms with Crippen LogP contribution in [0.5, 0.6) is 11.5 Å². The fourth-order valence-corrected chi connectivity index (χ4v) is 3.99. The van der Waals surface area contributed by atoms with Crippen molar-refractivity contribution >= 4 is 22.6 Å². The van der Waals surface area contributed by atoms with Crippen LogP contribution in [0.3, 0.4) is 0 Å². The Morgan fingerprint density at radius 2 is 1.56 bits per heavy atom. The summed E-state index contributed by atoms with van der Waals surface area (Å²) in [5.74, 6) is 1.31. The van der Waals surface area contributed by atoms with Crippen molar-refractivity contribution in [3.63, 3.8) is 0 Å². The van der Waals surface area contributed by atoms with Crippen LogP contribution < -0.4 is 14.8 Å². The highest BCUT2D eigenvalue weighted by Crippen LogP contribution is 2.20. The SMILES string of the molecule is CCOc1ccc(OCC(=O)N2CCC(NC(=O)c3cccc4ccccc34)CC2)cc1. The molecule has 3 aromatic rings. The molecule has 0 unspecified atom stereocenters. The van der Waals surface area contributed by atoms with Gasteiger partial charge >= 0.3 is 0 Å². The van der Waals surface area contributed by atoms with Gasteiger partial charge in [0.15, 0.2) is 6.61 Å². The first kappa shape index (κ1) is 21.7. The number of hydrogen-bond acceptors (Lipinski definition) is 4. The van der Waals surface area contributed by atoms with Crippen LogP contribution in [0, 0.1) is 0 Å². The lowest BCUT2D eigenvalue weighted by Crippen LogP contribution is -2.47. The zero-order valence-corrected chi connectivity index (χ0v) is 18.3. The lowest BCUT2D eigenvalue weighted by atomic mass is 10.0. The Bertz CT molecular complexity index is 1070. The Hall–Kier alpha value is -3.54. The van der Waals surface area contributed by atoms with E-state index in [1.807, 2.05) is 61.5 Å². The number of benzene rings is 3. The van der Waals surface area contributed by atoms with Crippen LogP contribution in [0.25, 0.3) is 10.8 Å². The predicted molar refractivity (Wildman–Crippen MR) is 124 cm³/mol. The Labute approximate surface area is 188 Å². The fourth-order valence-electron chi connectivity index (χ4n) is 3.99. The lowest BCUT2D eigenvalue weighted by molar-refractivity contribution is -0.134. The number of carbonyl (C=O) groups is 2. The van der Waals surface area contributed by atoms with Crippen molar-refractivity contribution in [3.8, 4) is 11.5 Å². The lowest BCUT2D eigenvalue weighted by Gasteiger charge is -2.32. The molecule has 0 spiro atoms. The Kier molecular flexibility index (Phi) is 6.90. The third-order valence-electron chi connectivity index (χ3n) is 5.71. The number of nitrogens with one attached hydrogen (secondary N) is 1. The van der Waals surface area contributed by atoms with Gasteiger partial charge in [0.25, 0.3) is 11.8 Å². The Balaban J connectivity index is 1.25. The second kappa shape index (κ2) is 10.2. The number of amides is 2. The molecule has 0 aliphatic carbocycles. The summed E-state index contributed by atoms with van der Waals surface area (Å²) >= 11 is 0. The number of rotatable bonds is 7. The molecule has 1 fully saturated rings. The van der Waals surface area contributed by atoms with Gasteiger partial charge in [0, 0.05) is 24.7 Å². The normalized spacial score (nSPS) is 14.2. The number of fused-ring (bicyclic) bond motifs is 1. The maximum atomic E-state index is 12.8. The molecule has 0 bridgehead atoms. The van der Waals surface area contributed by atoms with E-state index in [1.54, 1.807) is 17.0 Å². The number of nitrogens with zero attached hydrogens (tertiary/aromatic N) is 1. The van der Waals surface area contributed by atoms with Crippen LogP contribution >= 0.6 is 0 Å². The molecule has 6 nitrogen and oxygen atoms in total. The molecule has 166 valence electrons. The number of carbonyl (C=O) groups excluding carboxylic acids is 2. The van der Waals surface area contributed by atoms with Crippen molar-refractivity contribution in [2.45, 2.75) is 25.8 Å². The minimum Gasteiger partial charge on any atom is -0.494 e. The first-order valence-corrected chi connectivity index (χ1v) is 11.1. The van der Waals surface area contributed by atoms with Crippen LogP contribution in [-0.4, -0.2) is 49.1 Å². The van der Waals surface area contributed by atoms with Gasteiger partial charge in [-0.1, -0.05) is 36.4 Å². The van der Waals surface area contributed by atoms with Crippen LogP contribution in [0.15, 0.2) is 66.7 Å². The molecule has 0 atom stereocenters. The Morgan fingerprint density at radius 1 is 0.906 bits per heavy atom. The summed E-state index contributed by atoms with van der Waals surface area (Å²) in [5, 5.41) is 5.14. The predicted octanol–water partition coefficient (Wildman–Crippen LogP) is 4.04. The molecule has 0 aromatic heterocycles. The molecular weight excluding hydrogens is 404 g/mol. The summed E-state index contributed by atoms with van der Waals surface area (Å²) in [6, 6.07) is 21.0. The second-order valence-electron chi connectivity index (χ2n) is 7.85. The second-order valence-corrected chi connectivity index (χ2v) is 7.85. The van der Waals surface area contributed by atoms with Crippen LogP contribution in [0.1, 0.15) is 30.1 Å². The molecule has 1 saturated heterocycles. The first-order valence-electron chi connectivity index (χ1n) is 11.1. The first-order chi connectivity index (χ1) is 15.6. The van der Waals surface area contributed by atoms with Crippen LogP contribution in [0.2, 0.25) is 0 Å². The number of ether oxygens (including phenoxy) is 2. The van der Waals surface area contributed by atoms with E-state index in [-0.39, 0.29) is 24.5 Å². The molecule has 0 saturated carbocycles. The molecule has 1 heterocycles. The third-order valence-corrected chi connectivity index (χ3v) is 5.71. The fraction of sp³-hybridized carbons (Fsp3) is 0.308. The van der Waals surface area contributed by atoms with E-state index in [0.29, 0.717) is 31.0 Å². The highest BCUT2D eigenvalue weighted by molar-refractivity contribution is 6.07. The van der Waals surface area contributed by atoms with Crippen LogP contribution in [0.4, 0.5) is 0 Å². The minimum atomic E-state index is -0.0644. The summed E-state index contributed by atoms with van der Waals surface area (Å²) in [4.78, 5) is 27.2. The molecule has 0 radical (unpaired) electrons. The molecule has 6 heteroatoms. The molecular formula is C26H28N2O4. The summed E-state index contributed by atoms with van der Waals surface area (Å²) in [6.45, 7) is 3.75. The minimum absolute atomic E-state index is 0.00100. The van der Waals surface area contributed by atoms with E-state index in [9.17, 15) is 9.59 Å². The van der Waals surface area contributed by atoms with Crippen molar-refractivity contribution < 1.29 is 19.1 Å². The molecule has 3 aromatic carbocycles. The van der Waals surface area contributed by atoms with Crippen molar-refractivity contribution in [3.05, 3.63) is 72.3 Å². The van der Waals surface area contributed by atoms with Gasteiger partial charge in [-0.3, -0.25) is 9.59 Å². The summed E-state index contributed by atoms with van der Waals surface area (Å²) < 4.78 is 11.0. The maximum Gasteiger partial charge on any atom is 0.260 e. The zero-order valence-electron chi connectivity index (χ0n) is 18.3. The zero-order chi connectivity index (χ0) is 22.3. The van der Waals surface area contributed by atoms with E-state index in [4.69, 9.17) is 9.47 Å². The van der Waals surface area contributed by atoms with Crippen molar-refractivity contribution in [2.24, 2.45) is 0 Å². The van der Waals surface area contributed by atoms with Gasteiger partial charge in [-0.2, -0.15) is 0 Å².